The molecule has 0 saturated heterocycles. The van der Waals surface area contributed by atoms with E-state index < -0.39 is 0 Å². The number of rotatable bonds is 8. The smallest absolute Gasteiger partial charge is 0.0540 e. The van der Waals surface area contributed by atoms with E-state index in [9.17, 15) is 0 Å². The Kier molecular flexibility index (Phi) is 11.3. The van der Waals surface area contributed by atoms with Gasteiger partial charge in [-0.25, -0.2) is 0 Å². The van der Waals surface area contributed by atoms with Crippen LogP contribution in [0.5, 0.6) is 0 Å². The minimum Gasteiger partial charge on any atom is -0.309 e. The van der Waals surface area contributed by atoms with Crippen molar-refractivity contribution < 1.29 is 0 Å². The highest BCUT2D eigenvalue weighted by molar-refractivity contribution is 6.04. The topological polar surface area (TPSA) is 3.24 Å². The largest absolute Gasteiger partial charge is 0.309 e. The summed E-state index contributed by atoms with van der Waals surface area (Å²) in [4.78, 5) is 2.55. The fraction of sp³-hybridized carbons (Fsp3) is 0.235. The Morgan fingerprint density at radius 3 is 1.65 bits per heavy atom. The Hall–Kier alpha value is -6.96. The van der Waals surface area contributed by atoms with Crippen LogP contribution in [0, 0.1) is 0 Å². The van der Waals surface area contributed by atoms with Crippen molar-refractivity contribution in [3.63, 3.8) is 0 Å². The number of benzene rings is 9. The molecule has 1 fully saturated rings. The van der Waals surface area contributed by atoms with Crippen molar-refractivity contribution in [2.24, 2.45) is 0 Å². The highest BCUT2D eigenvalue weighted by Crippen LogP contribution is 2.56. The van der Waals surface area contributed by atoms with Gasteiger partial charge in [-0.3, -0.25) is 0 Å². The van der Waals surface area contributed by atoms with Crippen molar-refractivity contribution in [2.75, 3.05) is 4.90 Å². The van der Waals surface area contributed by atoms with Crippen LogP contribution < -0.4 is 4.90 Å². The van der Waals surface area contributed by atoms with Gasteiger partial charge in [-0.15, -0.1) is 0 Å². The van der Waals surface area contributed by atoms with E-state index in [1.165, 1.54) is 126 Å². The summed E-state index contributed by atoms with van der Waals surface area (Å²) in [6, 6.07) is 76.0. The Labute approximate surface area is 411 Å². The van der Waals surface area contributed by atoms with Crippen molar-refractivity contribution >= 4 is 27.8 Å². The van der Waals surface area contributed by atoms with Gasteiger partial charge >= 0.3 is 0 Å². The van der Waals surface area contributed by atoms with Crippen molar-refractivity contribution in [1.82, 2.24) is 0 Å². The summed E-state index contributed by atoms with van der Waals surface area (Å²) in [5.41, 5.74) is 21.5. The molecule has 0 spiro atoms. The molecule has 11 rings (SSSR count). The lowest BCUT2D eigenvalue weighted by Gasteiger charge is -2.32. The van der Waals surface area contributed by atoms with Crippen molar-refractivity contribution in [1.29, 1.82) is 0 Å². The quantitative estimate of drug-likeness (QED) is 0.147. The highest BCUT2D eigenvalue weighted by Gasteiger charge is 2.41. The molecule has 1 atom stereocenters. The lowest BCUT2D eigenvalue weighted by Crippen LogP contribution is -2.22. The predicted octanol–water partition coefficient (Wildman–Crippen LogP) is 19.3. The first kappa shape index (κ1) is 44.5. The highest BCUT2D eigenvalue weighted by atomic mass is 15.1. The molecule has 1 nitrogen and oxygen atoms in total. The maximum Gasteiger partial charge on any atom is 0.0540 e. The minimum absolute atomic E-state index is 0.0197. The second-order valence-electron chi connectivity index (χ2n) is 22.1. The Morgan fingerprint density at radius 2 is 0.971 bits per heavy atom. The van der Waals surface area contributed by atoms with E-state index in [1.807, 2.05) is 0 Å². The molecule has 0 radical (unpaired) electrons. The number of nitrogens with zero attached hydrogens (tertiary/aromatic N) is 1. The maximum atomic E-state index is 2.55. The Morgan fingerprint density at radius 1 is 0.435 bits per heavy atom. The lowest BCUT2D eigenvalue weighted by molar-refractivity contribution is 0.445. The van der Waals surface area contributed by atoms with Gasteiger partial charge in [0.2, 0.25) is 0 Å². The molecule has 0 aliphatic heterocycles. The van der Waals surface area contributed by atoms with Crippen molar-refractivity contribution in [3.05, 3.63) is 234 Å². The molecule has 9 aromatic rings. The summed E-state index contributed by atoms with van der Waals surface area (Å²) < 4.78 is 0. The molecule has 0 amide bonds. The van der Waals surface area contributed by atoms with E-state index in [0.717, 1.165) is 11.4 Å². The molecule has 1 saturated carbocycles. The van der Waals surface area contributed by atoms with Crippen LogP contribution >= 0.6 is 0 Å². The number of hydrogen-bond acceptors (Lipinski definition) is 1. The van der Waals surface area contributed by atoms with E-state index in [-0.39, 0.29) is 16.2 Å². The van der Waals surface area contributed by atoms with Gasteiger partial charge in [0.1, 0.15) is 0 Å². The molecule has 69 heavy (non-hydrogen) atoms. The zero-order valence-electron chi connectivity index (χ0n) is 41.6. The summed E-state index contributed by atoms with van der Waals surface area (Å²) in [7, 11) is 0. The molecule has 1 heteroatoms. The maximum absolute atomic E-state index is 2.55. The van der Waals surface area contributed by atoms with Gasteiger partial charge in [-0.05, 0) is 138 Å². The summed E-state index contributed by atoms with van der Waals surface area (Å²) >= 11 is 0. The fourth-order valence-electron chi connectivity index (χ4n) is 11.9. The summed E-state index contributed by atoms with van der Waals surface area (Å²) in [5, 5.41) is 2.71. The molecular formula is C68H65N. The molecule has 2 aliphatic carbocycles. The third-order valence-corrected chi connectivity index (χ3v) is 15.7. The number of para-hydroxylation sites is 2. The third kappa shape index (κ3) is 7.91. The monoisotopic (exact) mass is 896 g/mol. The summed E-state index contributed by atoms with van der Waals surface area (Å²) in [6.07, 6.45) is 6.46. The Balaban J connectivity index is 1.12. The molecule has 2 aliphatic rings. The molecule has 0 aromatic heterocycles. The number of hydrogen-bond donors (Lipinski definition) is 0. The van der Waals surface area contributed by atoms with Gasteiger partial charge < -0.3 is 4.90 Å². The van der Waals surface area contributed by atoms with E-state index in [2.05, 4.69) is 254 Å². The van der Waals surface area contributed by atoms with Crippen LogP contribution in [-0.4, -0.2) is 0 Å². The minimum atomic E-state index is -0.261. The molecule has 0 bridgehead atoms. The molecular weight excluding hydrogens is 831 g/mol. The van der Waals surface area contributed by atoms with Gasteiger partial charge in [-0.1, -0.05) is 237 Å². The Bertz CT molecular complexity index is 3300. The molecule has 1 unspecified atom stereocenters. The SMILES string of the molecule is CC(C)(C)c1cc(-c2ccccc2N(c2ccc(-c3cccc4c3-c3ccccc3C4(C)c3ccccc3)cc2)c2ccccc2-c2cccc3cccc(C4CCCCC4)c23)cc(C(C)(C)C)c1. The molecule has 342 valence electrons. The number of fused-ring (bicyclic) bond motifs is 4. The van der Waals surface area contributed by atoms with Gasteiger partial charge in [0.15, 0.2) is 0 Å². The fourth-order valence-corrected chi connectivity index (χ4v) is 11.9. The lowest BCUT2D eigenvalue weighted by atomic mass is 9.74. The summed E-state index contributed by atoms with van der Waals surface area (Å²) in [6.45, 7) is 16.4. The second-order valence-corrected chi connectivity index (χ2v) is 22.1. The molecule has 9 aromatic carbocycles. The third-order valence-electron chi connectivity index (χ3n) is 15.7. The first-order valence-electron chi connectivity index (χ1n) is 25.5. The standard InChI is InChI=1S/C68H65N/c1-66(2,3)51-43-49(44-52(45-51)67(4,5)6)54-29-15-18-37-62(54)69(63-38-19-16-30-57(63)58-34-21-26-48-25-20-32-55(64(48)58)46-23-10-8-11-24-46)53-41-39-47(40-42-53)56-33-22-36-61-65(56)59-31-14-17-35-60(59)68(61,7)50-27-12-9-13-28-50/h9,12-22,25-46H,8,10-11,23-24H2,1-7H3. The molecule has 0 heterocycles. The van der Waals surface area contributed by atoms with Gasteiger partial charge in [0.25, 0.3) is 0 Å². The van der Waals surface area contributed by atoms with E-state index in [0.29, 0.717) is 5.92 Å². The van der Waals surface area contributed by atoms with Crippen molar-refractivity contribution in [3.8, 4) is 44.5 Å². The average Bonchev–Trinajstić information content (AvgIpc) is 3.65. The van der Waals surface area contributed by atoms with Crippen LogP contribution in [0.1, 0.15) is 120 Å². The molecule has 0 N–H and O–H groups in total. The van der Waals surface area contributed by atoms with E-state index in [4.69, 9.17) is 0 Å². The average molecular weight is 896 g/mol. The first-order valence-corrected chi connectivity index (χ1v) is 25.5. The zero-order valence-corrected chi connectivity index (χ0v) is 41.6. The van der Waals surface area contributed by atoms with Crippen LogP contribution in [-0.2, 0) is 16.2 Å². The van der Waals surface area contributed by atoms with Crippen molar-refractivity contribution in [2.45, 2.75) is 103 Å². The first-order chi connectivity index (χ1) is 33.4. The van der Waals surface area contributed by atoms with E-state index in [1.54, 1.807) is 0 Å². The summed E-state index contributed by atoms with van der Waals surface area (Å²) in [5.74, 6) is 0.573. The van der Waals surface area contributed by atoms with Crippen LogP contribution in [0.3, 0.4) is 0 Å². The predicted molar refractivity (Wildman–Crippen MR) is 296 cm³/mol. The van der Waals surface area contributed by atoms with Crippen LogP contribution in [0.2, 0.25) is 0 Å². The van der Waals surface area contributed by atoms with Crippen LogP contribution in [0.4, 0.5) is 17.1 Å². The van der Waals surface area contributed by atoms with Gasteiger partial charge in [-0.2, -0.15) is 0 Å². The van der Waals surface area contributed by atoms with Gasteiger partial charge in [0.05, 0.1) is 11.4 Å². The van der Waals surface area contributed by atoms with E-state index >= 15 is 0 Å². The second kappa shape index (κ2) is 17.5. The van der Waals surface area contributed by atoms with Gasteiger partial charge in [0, 0.05) is 22.2 Å². The zero-order chi connectivity index (χ0) is 47.5. The van der Waals surface area contributed by atoms with Crippen LogP contribution in [0.15, 0.2) is 200 Å². The number of anilines is 3. The normalized spacial score (nSPS) is 16.0. The van der Waals surface area contributed by atoms with Crippen LogP contribution in [0.25, 0.3) is 55.3 Å².